The Morgan fingerprint density at radius 1 is 1.21 bits per heavy atom. The van der Waals surface area contributed by atoms with Crippen LogP contribution >= 0.6 is 0 Å². The first kappa shape index (κ1) is 7.46. The monoisotopic (exact) mass is 183 g/mol. The molecule has 0 aliphatic carbocycles. The second-order valence-corrected chi connectivity index (χ2v) is 3.05. The predicted octanol–water partition coefficient (Wildman–Crippen LogP) is 2.83. The molecule has 0 saturated carbocycles. The van der Waals surface area contributed by atoms with Gasteiger partial charge in [0.1, 0.15) is 7.12 Å². The second-order valence-electron chi connectivity index (χ2n) is 3.05. The Morgan fingerprint density at radius 3 is 2.79 bits per heavy atom. The molecule has 2 aromatic rings. The van der Waals surface area contributed by atoms with Gasteiger partial charge in [-0.3, -0.25) is 0 Å². The SMILES string of the molecule is [2H]C#Cc1ccc2cc(OC)ccc2c1. The average Bonchev–Trinajstić information content (AvgIpc) is 2.29. The summed E-state index contributed by atoms with van der Waals surface area (Å²) in [5.41, 5.74) is 0.864. The van der Waals surface area contributed by atoms with Gasteiger partial charge in [-0.25, -0.2) is 0 Å². The highest BCUT2D eigenvalue weighted by atomic mass is 16.5. The van der Waals surface area contributed by atoms with Crippen molar-refractivity contribution in [2.75, 3.05) is 7.11 Å². The zero-order valence-electron chi connectivity index (χ0n) is 8.87. The molecule has 0 unspecified atom stereocenters. The van der Waals surface area contributed by atoms with Crippen LogP contribution in [0.5, 0.6) is 5.75 Å². The zero-order valence-corrected chi connectivity index (χ0v) is 7.87. The Kier molecular flexibility index (Phi) is 1.83. The first-order valence-corrected chi connectivity index (χ1v) is 4.34. The minimum Gasteiger partial charge on any atom is -0.497 e. The zero-order chi connectivity index (χ0) is 10.7. The lowest BCUT2D eigenvalue weighted by atomic mass is 10.1. The van der Waals surface area contributed by atoms with E-state index in [1.54, 1.807) is 7.11 Å². The van der Waals surface area contributed by atoms with Crippen molar-refractivity contribution in [2.45, 2.75) is 0 Å². The number of hydrogen-bond donors (Lipinski definition) is 0. The third kappa shape index (κ3) is 1.43. The van der Waals surface area contributed by atoms with E-state index in [4.69, 9.17) is 6.11 Å². The predicted molar refractivity (Wildman–Crippen MR) is 58.4 cm³/mol. The summed E-state index contributed by atoms with van der Waals surface area (Å²) in [5, 5.41) is 2.22. The molecule has 0 saturated heterocycles. The second kappa shape index (κ2) is 3.43. The molecule has 0 amide bonds. The number of methoxy groups -OCH3 is 1. The van der Waals surface area contributed by atoms with Crippen LogP contribution in [0.4, 0.5) is 0 Å². The normalized spacial score (nSPS) is 10.2. The van der Waals surface area contributed by atoms with E-state index in [0.29, 0.717) is 0 Å². The molecule has 1 nitrogen and oxygen atoms in total. The highest BCUT2D eigenvalue weighted by Crippen LogP contribution is 2.21. The lowest BCUT2D eigenvalue weighted by Gasteiger charge is -2.02. The molecule has 0 aromatic heterocycles. The highest BCUT2D eigenvalue weighted by molar-refractivity contribution is 5.85. The van der Waals surface area contributed by atoms with Gasteiger partial charge in [0.25, 0.3) is 0 Å². The summed E-state index contributed by atoms with van der Waals surface area (Å²) in [6, 6.07) is 11.7. The van der Waals surface area contributed by atoms with Gasteiger partial charge in [-0.2, -0.15) is 0 Å². The van der Waals surface area contributed by atoms with Crippen LogP contribution in [0.25, 0.3) is 10.8 Å². The molecule has 2 rings (SSSR count). The Morgan fingerprint density at radius 2 is 2.00 bits per heavy atom. The maximum absolute atomic E-state index is 6.83. The van der Waals surface area contributed by atoms with E-state index >= 15 is 0 Å². The van der Waals surface area contributed by atoms with Crippen LogP contribution in [0.2, 0.25) is 0 Å². The summed E-state index contributed by atoms with van der Waals surface area (Å²) < 4.78 is 12.0. The summed E-state index contributed by atoms with van der Waals surface area (Å²) in [6.07, 6.45) is 2.15. The topological polar surface area (TPSA) is 9.23 Å². The quantitative estimate of drug-likeness (QED) is 0.618. The summed E-state index contributed by atoms with van der Waals surface area (Å²) in [4.78, 5) is 0. The number of benzene rings is 2. The number of terminal acetylenes is 1. The fourth-order valence-electron chi connectivity index (χ4n) is 1.43. The molecule has 0 N–H and O–H groups in total. The van der Waals surface area contributed by atoms with Crippen LogP contribution in [-0.2, 0) is 0 Å². The van der Waals surface area contributed by atoms with E-state index in [0.717, 1.165) is 22.1 Å². The Bertz CT molecular complexity index is 549. The molecular formula is C13H10O. The summed E-state index contributed by atoms with van der Waals surface area (Å²) in [7, 11) is 1.65. The van der Waals surface area contributed by atoms with Crippen LogP contribution in [0, 0.1) is 12.3 Å². The number of rotatable bonds is 1. The van der Waals surface area contributed by atoms with Crippen LogP contribution in [0.15, 0.2) is 36.4 Å². The van der Waals surface area contributed by atoms with Gasteiger partial charge in [-0.1, -0.05) is 18.1 Å². The fraction of sp³-hybridized carbons (Fsp3) is 0.0769. The van der Waals surface area contributed by atoms with Crippen LogP contribution in [0.1, 0.15) is 6.93 Å². The van der Waals surface area contributed by atoms with E-state index in [1.807, 2.05) is 36.4 Å². The third-order valence-electron chi connectivity index (χ3n) is 2.19. The number of ether oxygens (including phenoxy) is 1. The molecular weight excluding hydrogens is 172 g/mol. The minimum atomic E-state index is 0.849. The number of hydrogen-bond acceptors (Lipinski definition) is 1. The summed E-state index contributed by atoms with van der Waals surface area (Å²) >= 11 is 0. The first-order valence-electron chi connectivity index (χ1n) is 4.84. The molecule has 14 heavy (non-hydrogen) atoms. The maximum atomic E-state index is 6.83. The van der Waals surface area contributed by atoms with Crippen LogP contribution in [0.3, 0.4) is 0 Å². The van der Waals surface area contributed by atoms with Gasteiger partial charge in [-0.05, 0) is 35.0 Å². The molecule has 0 bridgehead atoms. The molecule has 0 aliphatic rings. The van der Waals surface area contributed by atoms with E-state index < -0.39 is 0 Å². The van der Waals surface area contributed by atoms with Gasteiger partial charge >= 0.3 is 0 Å². The minimum absolute atomic E-state index is 0.849. The lowest BCUT2D eigenvalue weighted by Crippen LogP contribution is -1.82. The molecule has 68 valence electrons. The molecule has 0 spiro atoms. The van der Waals surface area contributed by atoms with Crippen molar-refractivity contribution in [3.05, 3.63) is 42.0 Å². The molecule has 0 fully saturated rings. The van der Waals surface area contributed by atoms with Gasteiger partial charge in [-0.15, -0.1) is 6.40 Å². The van der Waals surface area contributed by atoms with E-state index in [1.165, 1.54) is 0 Å². The van der Waals surface area contributed by atoms with Crippen molar-refractivity contribution < 1.29 is 6.11 Å². The Hall–Kier alpha value is -1.94. The van der Waals surface area contributed by atoms with Crippen molar-refractivity contribution in [3.63, 3.8) is 0 Å². The molecule has 0 radical (unpaired) electrons. The van der Waals surface area contributed by atoms with Gasteiger partial charge in [0.2, 0.25) is 0 Å². The van der Waals surface area contributed by atoms with Crippen molar-refractivity contribution >= 4 is 10.8 Å². The standard InChI is InChI=1S/C13H10O/c1-3-10-4-5-12-9-13(14-2)7-6-11(12)8-10/h1,4-9H,2H3/i1D. The van der Waals surface area contributed by atoms with Gasteiger partial charge < -0.3 is 4.74 Å². The number of fused-ring (bicyclic) bond motifs is 1. The Balaban J connectivity index is 2.57. The van der Waals surface area contributed by atoms with Crippen molar-refractivity contribution in [2.24, 2.45) is 0 Å². The smallest absolute Gasteiger partial charge is 0.124 e. The molecule has 1 heteroatoms. The van der Waals surface area contributed by atoms with Gasteiger partial charge in [0, 0.05) is 5.56 Å². The van der Waals surface area contributed by atoms with Gasteiger partial charge in [0.05, 0.1) is 7.11 Å². The van der Waals surface area contributed by atoms with Crippen molar-refractivity contribution in [1.82, 2.24) is 0 Å². The third-order valence-corrected chi connectivity index (χ3v) is 2.19. The summed E-state index contributed by atoms with van der Waals surface area (Å²) in [6.45, 7) is 0. The highest BCUT2D eigenvalue weighted by Gasteiger charge is 1.96. The van der Waals surface area contributed by atoms with Crippen molar-refractivity contribution in [3.8, 4) is 18.1 Å². The fourth-order valence-corrected chi connectivity index (χ4v) is 1.43. The van der Waals surface area contributed by atoms with Crippen molar-refractivity contribution in [1.29, 1.82) is 0 Å². The van der Waals surface area contributed by atoms with E-state index in [2.05, 4.69) is 12.3 Å². The first-order chi connectivity index (χ1) is 7.33. The molecule has 0 atom stereocenters. The Labute approximate surface area is 84.7 Å². The van der Waals surface area contributed by atoms with Crippen LogP contribution < -0.4 is 4.74 Å². The molecule has 2 aromatic carbocycles. The lowest BCUT2D eigenvalue weighted by molar-refractivity contribution is 0.415. The molecule has 0 heterocycles. The average molecular weight is 183 g/mol. The summed E-state index contributed by atoms with van der Waals surface area (Å²) in [5.74, 6) is 3.56. The van der Waals surface area contributed by atoms with E-state index in [-0.39, 0.29) is 0 Å². The van der Waals surface area contributed by atoms with E-state index in [9.17, 15) is 0 Å². The van der Waals surface area contributed by atoms with Gasteiger partial charge in [0.15, 0.2) is 0 Å². The van der Waals surface area contributed by atoms with Crippen LogP contribution in [-0.4, -0.2) is 7.11 Å². The largest absolute Gasteiger partial charge is 0.497 e. The molecule has 0 aliphatic heterocycles. The maximum Gasteiger partial charge on any atom is 0.124 e.